The van der Waals surface area contributed by atoms with E-state index in [0.29, 0.717) is 25.6 Å². The zero-order valence-corrected chi connectivity index (χ0v) is 11.0. The summed E-state index contributed by atoms with van der Waals surface area (Å²) in [5, 5.41) is 7.00. The smallest absolute Gasteiger partial charge is 0.203 e. The summed E-state index contributed by atoms with van der Waals surface area (Å²) in [6, 6.07) is 5.67. The van der Waals surface area contributed by atoms with Gasteiger partial charge in [-0.05, 0) is 32.9 Å². The van der Waals surface area contributed by atoms with Gasteiger partial charge in [-0.15, -0.1) is 0 Å². The van der Waals surface area contributed by atoms with Gasteiger partial charge in [0.25, 0.3) is 0 Å². The highest BCUT2D eigenvalue weighted by molar-refractivity contribution is 5.51. The molecule has 1 N–H and O–H groups in total. The molecule has 0 unspecified atom stereocenters. The van der Waals surface area contributed by atoms with Crippen LogP contribution in [0.1, 0.15) is 20.8 Å². The van der Waals surface area contributed by atoms with Crippen molar-refractivity contribution in [3.63, 3.8) is 0 Å². The summed E-state index contributed by atoms with van der Waals surface area (Å²) in [4.78, 5) is 0. The van der Waals surface area contributed by atoms with Gasteiger partial charge in [0.05, 0.1) is 19.8 Å². The maximum atomic E-state index is 7.00. The van der Waals surface area contributed by atoms with E-state index >= 15 is 0 Å². The van der Waals surface area contributed by atoms with E-state index in [0.717, 1.165) is 18.6 Å². The third-order valence-electron chi connectivity index (χ3n) is 1.83. The Labute approximate surface area is 103 Å². The SMILES string of the molecule is CCOc1cccc(OCC)c1OCC.CO. The molecule has 17 heavy (non-hydrogen) atoms. The first-order valence-electron chi connectivity index (χ1n) is 5.79. The number of hydrogen-bond donors (Lipinski definition) is 1. The van der Waals surface area contributed by atoms with Crippen molar-refractivity contribution in [3.8, 4) is 17.2 Å². The van der Waals surface area contributed by atoms with Crippen LogP contribution >= 0.6 is 0 Å². The second-order valence-electron chi connectivity index (χ2n) is 2.88. The van der Waals surface area contributed by atoms with Crippen LogP contribution < -0.4 is 14.2 Å². The van der Waals surface area contributed by atoms with Gasteiger partial charge in [0.1, 0.15) is 0 Å². The first kappa shape index (κ1) is 15.6. The van der Waals surface area contributed by atoms with Crippen LogP contribution in [0.5, 0.6) is 17.2 Å². The van der Waals surface area contributed by atoms with Crippen molar-refractivity contribution < 1.29 is 19.3 Å². The van der Waals surface area contributed by atoms with Gasteiger partial charge in [-0.25, -0.2) is 0 Å². The van der Waals surface area contributed by atoms with Gasteiger partial charge in [0.15, 0.2) is 11.5 Å². The number of aliphatic hydroxyl groups is 1. The Kier molecular flexibility index (Phi) is 8.96. The molecule has 0 aliphatic carbocycles. The molecular formula is C13H22O4. The molecule has 1 aromatic rings. The van der Waals surface area contributed by atoms with Crippen molar-refractivity contribution in [1.29, 1.82) is 0 Å². The summed E-state index contributed by atoms with van der Waals surface area (Å²) < 4.78 is 16.5. The van der Waals surface area contributed by atoms with E-state index in [9.17, 15) is 0 Å². The van der Waals surface area contributed by atoms with Gasteiger partial charge < -0.3 is 19.3 Å². The number of para-hydroxylation sites is 1. The largest absolute Gasteiger partial charge is 0.490 e. The number of rotatable bonds is 6. The summed E-state index contributed by atoms with van der Waals surface area (Å²) in [5.41, 5.74) is 0. The molecule has 0 aliphatic heterocycles. The Morgan fingerprint density at radius 1 is 0.824 bits per heavy atom. The van der Waals surface area contributed by atoms with Crippen LogP contribution in [0.3, 0.4) is 0 Å². The van der Waals surface area contributed by atoms with Crippen LogP contribution in [0.2, 0.25) is 0 Å². The molecule has 0 aliphatic rings. The van der Waals surface area contributed by atoms with Gasteiger partial charge in [-0.2, -0.15) is 0 Å². The average Bonchev–Trinajstić information content (AvgIpc) is 2.36. The lowest BCUT2D eigenvalue weighted by Crippen LogP contribution is -2.01. The number of benzene rings is 1. The summed E-state index contributed by atoms with van der Waals surface area (Å²) in [7, 11) is 1.00. The van der Waals surface area contributed by atoms with Gasteiger partial charge >= 0.3 is 0 Å². The molecule has 0 spiro atoms. The molecule has 0 saturated carbocycles. The molecule has 4 heteroatoms. The third-order valence-corrected chi connectivity index (χ3v) is 1.83. The molecule has 0 aromatic heterocycles. The van der Waals surface area contributed by atoms with Crippen LogP contribution in [-0.4, -0.2) is 32.0 Å². The molecule has 0 heterocycles. The van der Waals surface area contributed by atoms with E-state index in [1.54, 1.807) is 0 Å². The average molecular weight is 242 g/mol. The summed E-state index contributed by atoms with van der Waals surface area (Å²) in [5.74, 6) is 2.18. The molecule has 0 saturated heterocycles. The van der Waals surface area contributed by atoms with E-state index < -0.39 is 0 Å². The fourth-order valence-electron chi connectivity index (χ4n) is 1.32. The van der Waals surface area contributed by atoms with E-state index in [2.05, 4.69) is 0 Å². The molecule has 4 nitrogen and oxygen atoms in total. The predicted octanol–water partition coefficient (Wildman–Crippen LogP) is 2.49. The first-order chi connectivity index (χ1) is 8.33. The van der Waals surface area contributed by atoms with Crippen LogP contribution in [0.15, 0.2) is 18.2 Å². The quantitative estimate of drug-likeness (QED) is 0.832. The van der Waals surface area contributed by atoms with E-state index in [4.69, 9.17) is 19.3 Å². The standard InChI is InChI=1S/C12H18O3.CH4O/c1-4-13-10-8-7-9-11(14-5-2)12(10)15-6-3;1-2/h7-9H,4-6H2,1-3H3;2H,1H3. The zero-order chi connectivity index (χ0) is 13.1. The second-order valence-corrected chi connectivity index (χ2v) is 2.88. The molecule has 0 radical (unpaired) electrons. The molecule has 0 atom stereocenters. The Morgan fingerprint density at radius 3 is 1.59 bits per heavy atom. The highest BCUT2D eigenvalue weighted by Crippen LogP contribution is 2.37. The van der Waals surface area contributed by atoms with Crippen molar-refractivity contribution in [2.24, 2.45) is 0 Å². The van der Waals surface area contributed by atoms with E-state index in [-0.39, 0.29) is 0 Å². The van der Waals surface area contributed by atoms with Gasteiger partial charge in [0.2, 0.25) is 5.75 Å². The summed E-state index contributed by atoms with van der Waals surface area (Å²) >= 11 is 0. The van der Waals surface area contributed by atoms with Crippen LogP contribution in [-0.2, 0) is 0 Å². The minimum atomic E-state index is 0.601. The second kappa shape index (κ2) is 9.78. The van der Waals surface area contributed by atoms with Gasteiger partial charge in [-0.1, -0.05) is 6.07 Å². The Balaban J connectivity index is 0.00000121. The molecule has 0 fully saturated rings. The normalized spacial score (nSPS) is 9.00. The van der Waals surface area contributed by atoms with Gasteiger partial charge in [0, 0.05) is 7.11 Å². The fraction of sp³-hybridized carbons (Fsp3) is 0.538. The summed E-state index contributed by atoms with van der Waals surface area (Å²) in [6.45, 7) is 7.68. The summed E-state index contributed by atoms with van der Waals surface area (Å²) in [6.07, 6.45) is 0. The maximum absolute atomic E-state index is 7.00. The fourth-order valence-corrected chi connectivity index (χ4v) is 1.32. The first-order valence-corrected chi connectivity index (χ1v) is 5.79. The Morgan fingerprint density at radius 2 is 1.24 bits per heavy atom. The maximum Gasteiger partial charge on any atom is 0.203 e. The predicted molar refractivity (Wildman–Crippen MR) is 68.1 cm³/mol. The monoisotopic (exact) mass is 242 g/mol. The molecule has 98 valence electrons. The Hall–Kier alpha value is -1.42. The van der Waals surface area contributed by atoms with Crippen molar-refractivity contribution in [3.05, 3.63) is 18.2 Å². The third kappa shape index (κ3) is 4.95. The van der Waals surface area contributed by atoms with Crippen molar-refractivity contribution >= 4 is 0 Å². The van der Waals surface area contributed by atoms with E-state index in [1.165, 1.54) is 0 Å². The number of ether oxygens (including phenoxy) is 3. The topological polar surface area (TPSA) is 47.9 Å². The van der Waals surface area contributed by atoms with Crippen molar-refractivity contribution in [1.82, 2.24) is 0 Å². The highest BCUT2D eigenvalue weighted by atomic mass is 16.5. The van der Waals surface area contributed by atoms with Crippen LogP contribution in [0.4, 0.5) is 0 Å². The van der Waals surface area contributed by atoms with Gasteiger partial charge in [-0.3, -0.25) is 0 Å². The molecule has 1 rings (SSSR count). The van der Waals surface area contributed by atoms with Crippen LogP contribution in [0, 0.1) is 0 Å². The molecule has 0 amide bonds. The lowest BCUT2D eigenvalue weighted by molar-refractivity contribution is 0.261. The molecule has 0 bridgehead atoms. The number of hydrogen-bond acceptors (Lipinski definition) is 4. The molecular weight excluding hydrogens is 220 g/mol. The lowest BCUT2D eigenvalue weighted by atomic mass is 10.3. The Bertz CT molecular complexity index is 275. The van der Waals surface area contributed by atoms with Crippen molar-refractivity contribution in [2.45, 2.75) is 20.8 Å². The molecule has 1 aromatic carbocycles. The minimum absolute atomic E-state index is 0.601. The lowest BCUT2D eigenvalue weighted by Gasteiger charge is -2.14. The van der Waals surface area contributed by atoms with E-state index in [1.807, 2.05) is 39.0 Å². The zero-order valence-electron chi connectivity index (χ0n) is 11.0. The van der Waals surface area contributed by atoms with Crippen LogP contribution in [0.25, 0.3) is 0 Å². The van der Waals surface area contributed by atoms with Crippen molar-refractivity contribution in [2.75, 3.05) is 26.9 Å². The number of aliphatic hydroxyl groups excluding tert-OH is 1. The highest BCUT2D eigenvalue weighted by Gasteiger charge is 2.10. The minimum Gasteiger partial charge on any atom is -0.490 e.